The minimum absolute atomic E-state index is 0.170. The molecule has 1 aromatic heterocycles. The number of pyridine rings is 1. The van der Waals surface area contributed by atoms with Crippen molar-refractivity contribution in [1.29, 1.82) is 5.26 Å². The van der Waals surface area contributed by atoms with Crippen LogP contribution in [0.15, 0.2) is 12.3 Å². The zero-order valence-electron chi connectivity index (χ0n) is 9.28. The third-order valence-corrected chi connectivity index (χ3v) is 2.89. The summed E-state index contributed by atoms with van der Waals surface area (Å²) in [5, 5.41) is 8.92. The van der Waals surface area contributed by atoms with Crippen LogP contribution in [-0.4, -0.2) is 28.9 Å². The average molecular weight is 272 g/mol. The summed E-state index contributed by atoms with van der Waals surface area (Å²) in [7, 11) is 0. The van der Waals surface area contributed by atoms with Crippen molar-refractivity contribution in [1.82, 2.24) is 9.88 Å². The molecule has 17 heavy (non-hydrogen) atoms. The van der Waals surface area contributed by atoms with Crippen LogP contribution in [0.2, 0.25) is 10.2 Å². The van der Waals surface area contributed by atoms with Crippen LogP contribution in [0.1, 0.15) is 23.7 Å². The number of hydrogen-bond acceptors (Lipinski definition) is 3. The van der Waals surface area contributed by atoms with Crippen LogP contribution in [0.25, 0.3) is 0 Å². The van der Waals surface area contributed by atoms with Crippen LogP contribution in [-0.2, 0) is 0 Å². The molecule has 0 N–H and O–H groups in total. The minimum Gasteiger partial charge on any atom is -0.338 e. The Bertz CT molecular complexity index is 457. The second-order valence-corrected chi connectivity index (χ2v) is 4.05. The standard InChI is InChI=1S/C11H11Cl2N3O/c1-2-16(5-3-4-14)11(17)8-6-9(12)10(13)15-7-8/h6-7H,2-3,5H2,1H3. The molecular formula is C11H11Cl2N3O. The molecule has 0 aromatic carbocycles. The molecule has 0 bridgehead atoms. The summed E-state index contributed by atoms with van der Waals surface area (Å²) in [6.45, 7) is 2.77. The van der Waals surface area contributed by atoms with Crippen molar-refractivity contribution in [2.24, 2.45) is 0 Å². The molecule has 0 fully saturated rings. The molecule has 0 unspecified atom stereocenters. The Hall–Kier alpha value is -1.31. The summed E-state index contributed by atoms with van der Waals surface area (Å²) in [6, 6.07) is 3.48. The fourth-order valence-corrected chi connectivity index (χ4v) is 1.58. The predicted octanol–water partition coefficient (Wildman–Crippen LogP) is 2.76. The highest BCUT2D eigenvalue weighted by Gasteiger charge is 2.15. The van der Waals surface area contributed by atoms with Gasteiger partial charge in [0.25, 0.3) is 5.91 Å². The largest absolute Gasteiger partial charge is 0.338 e. The van der Waals surface area contributed by atoms with Crippen molar-refractivity contribution in [3.05, 3.63) is 28.0 Å². The summed E-state index contributed by atoms with van der Waals surface area (Å²) in [6.07, 6.45) is 1.68. The lowest BCUT2D eigenvalue weighted by Gasteiger charge is -2.19. The highest BCUT2D eigenvalue weighted by Crippen LogP contribution is 2.20. The second-order valence-electron chi connectivity index (χ2n) is 3.29. The predicted molar refractivity (Wildman–Crippen MR) is 66.1 cm³/mol. The molecule has 4 nitrogen and oxygen atoms in total. The molecule has 0 atom stereocenters. The highest BCUT2D eigenvalue weighted by molar-refractivity contribution is 6.41. The molecule has 1 aromatic rings. The first-order valence-electron chi connectivity index (χ1n) is 5.07. The Labute approximate surface area is 110 Å². The van der Waals surface area contributed by atoms with Crippen molar-refractivity contribution in [3.8, 4) is 6.07 Å². The van der Waals surface area contributed by atoms with Gasteiger partial charge in [-0.3, -0.25) is 4.79 Å². The maximum absolute atomic E-state index is 12.0. The Kier molecular flexibility index (Phi) is 5.20. The molecule has 0 saturated carbocycles. The zero-order chi connectivity index (χ0) is 12.8. The number of amides is 1. The Morgan fingerprint density at radius 3 is 2.82 bits per heavy atom. The first kappa shape index (κ1) is 13.8. The smallest absolute Gasteiger partial charge is 0.255 e. The molecule has 0 spiro atoms. The van der Waals surface area contributed by atoms with E-state index in [1.165, 1.54) is 12.3 Å². The van der Waals surface area contributed by atoms with E-state index in [0.29, 0.717) is 25.1 Å². The Balaban J connectivity index is 2.86. The molecule has 1 rings (SSSR count). The van der Waals surface area contributed by atoms with Gasteiger partial charge in [-0.05, 0) is 13.0 Å². The van der Waals surface area contributed by atoms with Gasteiger partial charge in [0.05, 0.1) is 23.1 Å². The van der Waals surface area contributed by atoms with Gasteiger partial charge in [-0.25, -0.2) is 4.98 Å². The van der Waals surface area contributed by atoms with Gasteiger partial charge in [-0.15, -0.1) is 0 Å². The summed E-state index contributed by atoms with van der Waals surface area (Å²) < 4.78 is 0. The van der Waals surface area contributed by atoms with Gasteiger partial charge in [0.15, 0.2) is 0 Å². The SMILES string of the molecule is CCN(CCC#N)C(=O)c1cnc(Cl)c(Cl)c1. The van der Waals surface area contributed by atoms with E-state index in [4.69, 9.17) is 28.5 Å². The topological polar surface area (TPSA) is 57.0 Å². The van der Waals surface area contributed by atoms with Gasteiger partial charge in [-0.1, -0.05) is 23.2 Å². The van der Waals surface area contributed by atoms with Gasteiger partial charge in [-0.2, -0.15) is 5.26 Å². The summed E-state index contributed by atoms with van der Waals surface area (Å²) in [5.41, 5.74) is 0.374. The number of rotatable bonds is 4. The number of nitriles is 1. The van der Waals surface area contributed by atoms with E-state index >= 15 is 0 Å². The van der Waals surface area contributed by atoms with Crippen molar-refractivity contribution < 1.29 is 4.79 Å². The molecule has 0 aliphatic heterocycles. The Morgan fingerprint density at radius 2 is 2.29 bits per heavy atom. The zero-order valence-corrected chi connectivity index (χ0v) is 10.8. The molecule has 0 radical (unpaired) electrons. The first-order valence-corrected chi connectivity index (χ1v) is 5.83. The molecule has 90 valence electrons. The van der Waals surface area contributed by atoms with Gasteiger partial charge in [0.2, 0.25) is 0 Å². The quantitative estimate of drug-likeness (QED) is 0.792. The van der Waals surface area contributed by atoms with E-state index in [1.54, 1.807) is 4.90 Å². The first-order chi connectivity index (χ1) is 8.10. The van der Waals surface area contributed by atoms with Crippen molar-refractivity contribution in [3.63, 3.8) is 0 Å². The molecule has 0 aliphatic rings. The maximum Gasteiger partial charge on any atom is 0.255 e. The summed E-state index contributed by atoms with van der Waals surface area (Å²) in [4.78, 5) is 17.4. The van der Waals surface area contributed by atoms with Gasteiger partial charge in [0.1, 0.15) is 5.15 Å². The van der Waals surface area contributed by atoms with Crippen molar-refractivity contribution >= 4 is 29.1 Å². The van der Waals surface area contributed by atoms with Crippen LogP contribution in [0.5, 0.6) is 0 Å². The van der Waals surface area contributed by atoms with E-state index < -0.39 is 0 Å². The molecule has 1 heterocycles. The van der Waals surface area contributed by atoms with E-state index in [-0.39, 0.29) is 16.1 Å². The minimum atomic E-state index is -0.200. The van der Waals surface area contributed by atoms with Crippen LogP contribution in [0.4, 0.5) is 0 Å². The van der Waals surface area contributed by atoms with E-state index in [0.717, 1.165) is 0 Å². The lowest BCUT2D eigenvalue weighted by molar-refractivity contribution is 0.0767. The number of carbonyl (C=O) groups is 1. The molecular weight excluding hydrogens is 261 g/mol. The third kappa shape index (κ3) is 3.58. The van der Waals surface area contributed by atoms with E-state index in [1.807, 2.05) is 13.0 Å². The van der Waals surface area contributed by atoms with Crippen molar-refractivity contribution in [2.75, 3.05) is 13.1 Å². The normalized spacial score (nSPS) is 9.76. The Morgan fingerprint density at radius 1 is 1.59 bits per heavy atom. The average Bonchev–Trinajstić information content (AvgIpc) is 2.33. The molecule has 0 saturated heterocycles. The summed E-state index contributed by atoms with van der Waals surface area (Å²) in [5.74, 6) is -0.200. The van der Waals surface area contributed by atoms with Gasteiger partial charge < -0.3 is 4.90 Å². The van der Waals surface area contributed by atoms with Gasteiger partial charge >= 0.3 is 0 Å². The van der Waals surface area contributed by atoms with Crippen LogP contribution >= 0.6 is 23.2 Å². The van der Waals surface area contributed by atoms with Crippen molar-refractivity contribution in [2.45, 2.75) is 13.3 Å². The maximum atomic E-state index is 12.0. The lowest BCUT2D eigenvalue weighted by Crippen LogP contribution is -2.31. The number of carbonyl (C=O) groups excluding carboxylic acids is 1. The summed E-state index contributed by atoms with van der Waals surface area (Å²) >= 11 is 11.5. The molecule has 1 amide bonds. The number of halogens is 2. The van der Waals surface area contributed by atoms with E-state index in [2.05, 4.69) is 4.98 Å². The van der Waals surface area contributed by atoms with Crippen LogP contribution < -0.4 is 0 Å². The number of aromatic nitrogens is 1. The third-order valence-electron chi connectivity index (χ3n) is 2.21. The van der Waals surface area contributed by atoms with Crippen LogP contribution in [0.3, 0.4) is 0 Å². The lowest BCUT2D eigenvalue weighted by atomic mass is 10.2. The number of nitrogens with zero attached hydrogens (tertiary/aromatic N) is 3. The van der Waals surface area contributed by atoms with Crippen LogP contribution in [0, 0.1) is 11.3 Å². The van der Waals surface area contributed by atoms with Gasteiger partial charge in [0, 0.05) is 19.3 Å². The monoisotopic (exact) mass is 271 g/mol. The fraction of sp³-hybridized carbons (Fsp3) is 0.364. The highest BCUT2D eigenvalue weighted by atomic mass is 35.5. The fourth-order valence-electron chi connectivity index (χ4n) is 1.31. The number of hydrogen-bond donors (Lipinski definition) is 0. The second kappa shape index (κ2) is 6.43. The molecule has 6 heteroatoms. The molecule has 0 aliphatic carbocycles. The van der Waals surface area contributed by atoms with E-state index in [9.17, 15) is 4.79 Å².